The molecule has 6 nitrogen and oxygen atoms in total. The third kappa shape index (κ3) is 1.41. The lowest BCUT2D eigenvalue weighted by Gasteiger charge is -1.94. The Morgan fingerprint density at radius 3 is 2.60 bits per heavy atom. The zero-order valence-corrected chi connectivity index (χ0v) is 7.39. The number of carboxylic acids is 2. The Hall–Kier alpha value is -2.37. The Bertz CT molecular complexity index is 558. The number of fused-ring (bicyclic) bond motifs is 1. The number of nitrogens with zero attached hydrogens (tertiary/aromatic N) is 1. The number of aromatic nitrogens is 2. The molecule has 0 amide bonds. The molecule has 0 aliphatic carbocycles. The quantitative estimate of drug-likeness (QED) is 0.678. The van der Waals surface area contributed by atoms with Crippen LogP contribution in [0.5, 0.6) is 0 Å². The molecule has 0 aromatic carbocycles. The fraction of sp³-hybridized carbons (Fsp3) is 0. The molecule has 0 aliphatic rings. The molecule has 0 fully saturated rings. The van der Waals surface area contributed by atoms with Gasteiger partial charge in [0.1, 0.15) is 11.1 Å². The molecule has 2 heterocycles. The number of H-pyrrole nitrogens is 1. The standard InChI is InChI=1S/C9H6N2O4/c12-8(13)4-1-6-7(11-2-4)5(3-10-6)9(14)15/h1-3,10H,(H,12,13)(H,14,15). The summed E-state index contributed by atoms with van der Waals surface area (Å²) in [6.07, 6.45) is 2.41. The molecule has 0 aliphatic heterocycles. The maximum atomic E-state index is 10.7. The summed E-state index contributed by atoms with van der Waals surface area (Å²) in [6.45, 7) is 0. The smallest absolute Gasteiger partial charge is 0.339 e. The Kier molecular flexibility index (Phi) is 1.89. The van der Waals surface area contributed by atoms with Crippen LogP contribution < -0.4 is 0 Å². The molecular weight excluding hydrogens is 200 g/mol. The van der Waals surface area contributed by atoms with Crippen molar-refractivity contribution in [3.05, 3.63) is 29.6 Å². The molecule has 0 atom stereocenters. The number of carbonyl (C=O) groups is 2. The first kappa shape index (κ1) is 9.20. The summed E-state index contributed by atoms with van der Waals surface area (Å²) in [5.74, 6) is -2.20. The normalized spacial score (nSPS) is 10.4. The van der Waals surface area contributed by atoms with Crippen molar-refractivity contribution >= 4 is 23.0 Å². The van der Waals surface area contributed by atoms with Gasteiger partial charge in [-0.3, -0.25) is 4.98 Å². The Balaban J connectivity index is 2.66. The van der Waals surface area contributed by atoms with Gasteiger partial charge in [-0.15, -0.1) is 0 Å². The highest BCUT2D eigenvalue weighted by atomic mass is 16.4. The molecule has 3 N–H and O–H groups in total. The molecule has 15 heavy (non-hydrogen) atoms. The average Bonchev–Trinajstić information content (AvgIpc) is 2.59. The van der Waals surface area contributed by atoms with Gasteiger partial charge in [0, 0.05) is 12.4 Å². The lowest BCUT2D eigenvalue weighted by Crippen LogP contribution is -1.98. The highest BCUT2D eigenvalue weighted by molar-refractivity contribution is 6.02. The minimum atomic E-state index is -1.10. The Labute approximate surface area is 83.2 Å². The molecular formula is C9H6N2O4. The molecule has 0 bridgehead atoms. The van der Waals surface area contributed by atoms with E-state index in [4.69, 9.17) is 10.2 Å². The van der Waals surface area contributed by atoms with Crippen LogP contribution in [0.1, 0.15) is 20.7 Å². The van der Waals surface area contributed by atoms with E-state index in [1.807, 2.05) is 0 Å². The van der Waals surface area contributed by atoms with Crippen molar-refractivity contribution in [2.45, 2.75) is 0 Å². The maximum absolute atomic E-state index is 10.7. The van der Waals surface area contributed by atoms with Gasteiger partial charge in [0.15, 0.2) is 0 Å². The van der Waals surface area contributed by atoms with Gasteiger partial charge in [-0.25, -0.2) is 9.59 Å². The summed E-state index contributed by atoms with van der Waals surface area (Å²) < 4.78 is 0. The summed E-state index contributed by atoms with van der Waals surface area (Å²) in [5.41, 5.74) is 0.697. The maximum Gasteiger partial charge on any atom is 0.339 e. The van der Waals surface area contributed by atoms with Gasteiger partial charge < -0.3 is 15.2 Å². The third-order valence-electron chi connectivity index (χ3n) is 1.99. The minimum Gasteiger partial charge on any atom is -0.478 e. The van der Waals surface area contributed by atoms with Crippen molar-refractivity contribution in [1.29, 1.82) is 0 Å². The zero-order valence-electron chi connectivity index (χ0n) is 7.39. The molecule has 2 aromatic heterocycles. The van der Waals surface area contributed by atoms with Gasteiger partial charge in [-0.05, 0) is 6.07 Å². The number of hydrogen-bond donors (Lipinski definition) is 3. The predicted octanol–water partition coefficient (Wildman–Crippen LogP) is 0.959. The Morgan fingerprint density at radius 1 is 1.27 bits per heavy atom. The SMILES string of the molecule is O=C(O)c1cnc2c(C(=O)O)c[nH]c2c1. The second kappa shape index (κ2) is 3.09. The van der Waals surface area contributed by atoms with Gasteiger partial charge in [-0.2, -0.15) is 0 Å². The molecule has 2 rings (SSSR count). The van der Waals surface area contributed by atoms with Crippen LogP contribution in [0.25, 0.3) is 11.0 Å². The fourth-order valence-corrected chi connectivity index (χ4v) is 1.29. The molecule has 6 heteroatoms. The number of hydrogen-bond acceptors (Lipinski definition) is 3. The van der Waals surface area contributed by atoms with Crippen LogP contribution in [-0.2, 0) is 0 Å². The van der Waals surface area contributed by atoms with Crippen molar-refractivity contribution in [2.24, 2.45) is 0 Å². The number of rotatable bonds is 2. The summed E-state index contributed by atoms with van der Waals surface area (Å²) in [4.78, 5) is 27.8. The number of aromatic carboxylic acids is 2. The number of pyridine rings is 1. The zero-order chi connectivity index (χ0) is 11.0. The lowest BCUT2D eigenvalue weighted by atomic mass is 10.2. The average molecular weight is 206 g/mol. The van der Waals surface area contributed by atoms with E-state index in [9.17, 15) is 9.59 Å². The van der Waals surface area contributed by atoms with E-state index in [0.717, 1.165) is 6.20 Å². The summed E-state index contributed by atoms with van der Waals surface area (Å²) in [7, 11) is 0. The van der Waals surface area contributed by atoms with E-state index in [2.05, 4.69) is 9.97 Å². The van der Waals surface area contributed by atoms with Gasteiger partial charge >= 0.3 is 11.9 Å². The third-order valence-corrected chi connectivity index (χ3v) is 1.99. The van der Waals surface area contributed by atoms with E-state index >= 15 is 0 Å². The monoisotopic (exact) mass is 206 g/mol. The van der Waals surface area contributed by atoms with E-state index in [-0.39, 0.29) is 16.6 Å². The highest BCUT2D eigenvalue weighted by Gasteiger charge is 2.13. The number of nitrogens with one attached hydrogen (secondary N) is 1. The van der Waals surface area contributed by atoms with Crippen molar-refractivity contribution in [3.8, 4) is 0 Å². The summed E-state index contributed by atoms with van der Waals surface area (Å²) >= 11 is 0. The minimum absolute atomic E-state index is 0.0151. The van der Waals surface area contributed by atoms with Crippen molar-refractivity contribution in [3.63, 3.8) is 0 Å². The van der Waals surface area contributed by atoms with E-state index in [0.29, 0.717) is 5.52 Å². The van der Waals surface area contributed by atoms with Crippen LogP contribution in [0.2, 0.25) is 0 Å². The molecule has 0 spiro atoms. The van der Waals surface area contributed by atoms with Crippen molar-refractivity contribution in [1.82, 2.24) is 9.97 Å². The van der Waals surface area contributed by atoms with E-state index in [1.54, 1.807) is 0 Å². The van der Waals surface area contributed by atoms with Gasteiger partial charge in [-0.1, -0.05) is 0 Å². The molecule has 0 unspecified atom stereocenters. The van der Waals surface area contributed by atoms with Crippen LogP contribution in [-0.4, -0.2) is 32.1 Å². The van der Waals surface area contributed by atoms with Crippen molar-refractivity contribution < 1.29 is 19.8 Å². The van der Waals surface area contributed by atoms with Gasteiger partial charge in [0.25, 0.3) is 0 Å². The van der Waals surface area contributed by atoms with E-state index < -0.39 is 11.9 Å². The van der Waals surface area contributed by atoms with Gasteiger partial charge in [0.2, 0.25) is 0 Å². The largest absolute Gasteiger partial charge is 0.478 e. The van der Waals surface area contributed by atoms with Gasteiger partial charge in [0.05, 0.1) is 11.1 Å². The molecule has 76 valence electrons. The first-order valence-electron chi connectivity index (χ1n) is 4.03. The first-order chi connectivity index (χ1) is 7.09. The number of aromatic amines is 1. The lowest BCUT2D eigenvalue weighted by molar-refractivity contribution is 0.0688. The Morgan fingerprint density at radius 2 is 2.00 bits per heavy atom. The second-order valence-corrected chi connectivity index (χ2v) is 2.93. The summed E-state index contributed by atoms with van der Waals surface area (Å²) in [6, 6.07) is 1.34. The van der Waals surface area contributed by atoms with Crippen LogP contribution in [0.15, 0.2) is 18.5 Å². The highest BCUT2D eigenvalue weighted by Crippen LogP contribution is 2.16. The van der Waals surface area contributed by atoms with Crippen LogP contribution in [0.4, 0.5) is 0 Å². The van der Waals surface area contributed by atoms with E-state index in [1.165, 1.54) is 12.3 Å². The topological polar surface area (TPSA) is 103 Å². The first-order valence-corrected chi connectivity index (χ1v) is 4.03. The van der Waals surface area contributed by atoms with Crippen LogP contribution in [0.3, 0.4) is 0 Å². The summed E-state index contributed by atoms with van der Waals surface area (Å²) in [5, 5.41) is 17.5. The second-order valence-electron chi connectivity index (χ2n) is 2.93. The van der Waals surface area contributed by atoms with Crippen LogP contribution in [0, 0.1) is 0 Å². The van der Waals surface area contributed by atoms with Crippen molar-refractivity contribution in [2.75, 3.05) is 0 Å². The van der Waals surface area contributed by atoms with Crippen LogP contribution >= 0.6 is 0 Å². The molecule has 0 saturated carbocycles. The molecule has 0 saturated heterocycles. The fourth-order valence-electron chi connectivity index (χ4n) is 1.29. The molecule has 2 aromatic rings. The number of carboxylic acid groups (broad SMARTS) is 2. The predicted molar refractivity (Wildman–Crippen MR) is 50.0 cm³/mol. The molecule has 0 radical (unpaired) electrons.